The number of aryl methyl sites for hydroxylation is 3. The van der Waals surface area contributed by atoms with E-state index in [1.165, 1.54) is 28.7 Å². The molecule has 2 heteroatoms. The minimum atomic E-state index is 0.794. The Labute approximate surface area is 153 Å². The lowest BCUT2D eigenvalue weighted by Gasteiger charge is -2.20. The third kappa shape index (κ3) is 4.36. The molecule has 0 unspecified atom stereocenters. The number of rotatable bonds is 9. The zero-order valence-corrected chi connectivity index (χ0v) is 16.4. The highest BCUT2D eigenvalue weighted by molar-refractivity contribution is 5.79. The average Bonchev–Trinajstić information content (AvgIpc) is 2.62. The van der Waals surface area contributed by atoms with Gasteiger partial charge < -0.3 is 9.47 Å². The fraction of sp³-hybridized carbons (Fsp3) is 0.478. The molecule has 0 atom stereocenters. The second kappa shape index (κ2) is 9.50. The quantitative estimate of drug-likeness (QED) is 0.539. The van der Waals surface area contributed by atoms with Crippen molar-refractivity contribution in [3.63, 3.8) is 0 Å². The molecule has 0 aliphatic heterocycles. The normalized spacial score (nSPS) is 10.8. The van der Waals surface area contributed by atoms with E-state index >= 15 is 0 Å². The molecule has 0 fully saturated rings. The fourth-order valence-electron chi connectivity index (χ4n) is 3.64. The number of hydrogen-bond acceptors (Lipinski definition) is 2. The van der Waals surface area contributed by atoms with E-state index in [1.54, 1.807) is 14.2 Å². The van der Waals surface area contributed by atoms with Crippen molar-refractivity contribution in [1.82, 2.24) is 0 Å². The molecule has 2 aromatic carbocycles. The van der Waals surface area contributed by atoms with Crippen LogP contribution in [0.3, 0.4) is 0 Å². The predicted molar refractivity (Wildman–Crippen MR) is 107 cm³/mol. The molecular formula is C23H32O2. The van der Waals surface area contributed by atoms with E-state index in [-0.39, 0.29) is 0 Å². The molecule has 0 spiro atoms. The summed E-state index contributed by atoms with van der Waals surface area (Å²) in [4.78, 5) is 0. The van der Waals surface area contributed by atoms with Gasteiger partial charge in [-0.05, 0) is 47.6 Å². The highest BCUT2D eigenvalue weighted by atomic mass is 16.5. The summed E-state index contributed by atoms with van der Waals surface area (Å²) in [5.41, 5.74) is 6.82. The predicted octanol–water partition coefficient (Wildman–Crippen LogP) is 6.23. The Morgan fingerprint density at radius 2 is 1.36 bits per heavy atom. The van der Waals surface area contributed by atoms with Gasteiger partial charge in [0.05, 0.1) is 14.2 Å². The lowest BCUT2D eigenvalue weighted by Crippen LogP contribution is -2.02. The molecule has 0 amide bonds. The molecule has 2 rings (SSSR count). The van der Waals surface area contributed by atoms with Crippen molar-refractivity contribution in [3.05, 3.63) is 47.0 Å². The molecule has 0 saturated heterocycles. The Balaban J connectivity index is 2.73. The standard InChI is InChI=1S/C23H32O2/c1-6-10-17-15-18(11-7-2)22(19(16-17)12-8-3)20-13-9-14-21(24-4)23(20)25-5/h9,13-16H,6-8,10-12H2,1-5H3. The van der Waals surface area contributed by atoms with Crippen molar-refractivity contribution in [1.29, 1.82) is 0 Å². The van der Waals surface area contributed by atoms with Crippen LogP contribution in [0.25, 0.3) is 11.1 Å². The van der Waals surface area contributed by atoms with Gasteiger partial charge in [-0.3, -0.25) is 0 Å². The van der Waals surface area contributed by atoms with Gasteiger partial charge in [0, 0.05) is 5.56 Å². The molecule has 0 radical (unpaired) electrons. The molecule has 0 bridgehead atoms. The lowest BCUT2D eigenvalue weighted by molar-refractivity contribution is 0.356. The van der Waals surface area contributed by atoms with E-state index in [4.69, 9.17) is 9.47 Å². The van der Waals surface area contributed by atoms with E-state index in [1.807, 2.05) is 6.07 Å². The van der Waals surface area contributed by atoms with Crippen molar-refractivity contribution in [2.24, 2.45) is 0 Å². The molecule has 136 valence electrons. The molecular weight excluding hydrogens is 308 g/mol. The number of methoxy groups -OCH3 is 2. The van der Waals surface area contributed by atoms with Crippen LogP contribution in [0.4, 0.5) is 0 Å². The monoisotopic (exact) mass is 340 g/mol. The Morgan fingerprint density at radius 1 is 0.760 bits per heavy atom. The first-order chi connectivity index (χ1) is 12.2. The second-order valence-corrected chi connectivity index (χ2v) is 6.58. The Morgan fingerprint density at radius 3 is 1.84 bits per heavy atom. The van der Waals surface area contributed by atoms with E-state index in [2.05, 4.69) is 45.0 Å². The van der Waals surface area contributed by atoms with E-state index in [9.17, 15) is 0 Å². The number of para-hydroxylation sites is 1. The van der Waals surface area contributed by atoms with E-state index in [0.29, 0.717) is 0 Å². The number of ether oxygens (including phenoxy) is 2. The Kier molecular flexibility index (Phi) is 7.36. The van der Waals surface area contributed by atoms with Crippen LogP contribution in [0.1, 0.15) is 56.7 Å². The van der Waals surface area contributed by atoms with Crippen molar-refractivity contribution in [2.45, 2.75) is 59.3 Å². The zero-order valence-electron chi connectivity index (χ0n) is 16.4. The van der Waals surface area contributed by atoms with Gasteiger partial charge in [-0.2, -0.15) is 0 Å². The molecule has 2 nitrogen and oxygen atoms in total. The van der Waals surface area contributed by atoms with Gasteiger partial charge in [-0.1, -0.05) is 64.3 Å². The largest absolute Gasteiger partial charge is 0.493 e. The van der Waals surface area contributed by atoms with Gasteiger partial charge in [0.2, 0.25) is 0 Å². The van der Waals surface area contributed by atoms with Crippen LogP contribution in [0.15, 0.2) is 30.3 Å². The Hall–Kier alpha value is -1.96. The van der Waals surface area contributed by atoms with Gasteiger partial charge in [-0.15, -0.1) is 0 Å². The summed E-state index contributed by atoms with van der Waals surface area (Å²) in [5.74, 6) is 1.63. The molecule has 0 N–H and O–H groups in total. The third-order valence-corrected chi connectivity index (χ3v) is 4.61. The van der Waals surface area contributed by atoms with Crippen molar-refractivity contribution in [3.8, 4) is 22.6 Å². The van der Waals surface area contributed by atoms with Crippen molar-refractivity contribution < 1.29 is 9.47 Å². The lowest BCUT2D eigenvalue weighted by atomic mass is 9.87. The summed E-state index contributed by atoms with van der Waals surface area (Å²) in [7, 11) is 3.43. The van der Waals surface area contributed by atoms with Crippen LogP contribution in [-0.4, -0.2) is 14.2 Å². The van der Waals surface area contributed by atoms with Crippen molar-refractivity contribution in [2.75, 3.05) is 14.2 Å². The SMILES string of the molecule is CCCc1cc(CCC)c(-c2cccc(OC)c2OC)c(CCC)c1. The number of hydrogen-bond donors (Lipinski definition) is 0. The maximum absolute atomic E-state index is 5.74. The summed E-state index contributed by atoms with van der Waals surface area (Å²) in [6.45, 7) is 6.75. The first-order valence-corrected chi connectivity index (χ1v) is 9.56. The molecule has 0 aliphatic rings. The van der Waals surface area contributed by atoms with Crippen LogP contribution in [-0.2, 0) is 19.3 Å². The summed E-state index contributed by atoms with van der Waals surface area (Å²) in [6.07, 6.45) is 6.77. The minimum Gasteiger partial charge on any atom is -0.493 e. The van der Waals surface area contributed by atoms with Crippen LogP contribution >= 0.6 is 0 Å². The van der Waals surface area contributed by atoms with E-state index < -0.39 is 0 Å². The molecule has 25 heavy (non-hydrogen) atoms. The highest BCUT2D eigenvalue weighted by Crippen LogP contribution is 2.42. The second-order valence-electron chi connectivity index (χ2n) is 6.58. The van der Waals surface area contributed by atoms with Crippen LogP contribution < -0.4 is 9.47 Å². The zero-order chi connectivity index (χ0) is 18.2. The van der Waals surface area contributed by atoms with Crippen molar-refractivity contribution >= 4 is 0 Å². The average molecular weight is 341 g/mol. The molecule has 0 saturated carbocycles. The first kappa shape index (κ1) is 19.4. The topological polar surface area (TPSA) is 18.5 Å². The van der Waals surface area contributed by atoms with Gasteiger partial charge in [-0.25, -0.2) is 0 Å². The summed E-state index contributed by atoms with van der Waals surface area (Å²) in [6, 6.07) is 11.0. The minimum absolute atomic E-state index is 0.794. The summed E-state index contributed by atoms with van der Waals surface area (Å²) < 4.78 is 11.3. The summed E-state index contributed by atoms with van der Waals surface area (Å²) in [5, 5.41) is 0. The van der Waals surface area contributed by atoms with Gasteiger partial charge >= 0.3 is 0 Å². The van der Waals surface area contributed by atoms with Gasteiger partial charge in [0.15, 0.2) is 11.5 Å². The van der Waals surface area contributed by atoms with Gasteiger partial charge in [0.25, 0.3) is 0 Å². The molecule has 2 aromatic rings. The highest BCUT2D eigenvalue weighted by Gasteiger charge is 2.18. The van der Waals surface area contributed by atoms with Crippen LogP contribution in [0.5, 0.6) is 11.5 Å². The maximum Gasteiger partial charge on any atom is 0.168 e. The van der Waals surface area contributed by atoms with Crippen LogP contribution in [0.2, 0.25) is 0 Å². The molecule has 0 aromatic heterocycles. The first-order valence-electron chi connectivity index (χ1n) is 9.56. The van der Waals surface area contributed by atoms with E-state index in [0.717, 1.165) is 49.2 Å². The maximum atomic E-state index is 5.74. The molecule has 0 aliphatic carbocycles. The third-order valence-electron chi connectivity index (χ3n) is 4.61. The number of benzene rings is 2. The smallest absolute Gasteiger partial charge is 0.168 e. The van der Waals surface area contributed by atoms with Gasteiger partial charge in [0.1, 0.15) is 0 Å². The summed E-state index contributed by atoms with van der Waals surface area (Å²) >= 11 is 0. The fourth-order valence-corrected chi connectivity index (χ4v) is 3.64. The Bertz CT molecular complexity index is 661. The van der Waals surface area contributed by atoms with Crippen LogP contribution in [0, 0.1) is 0 Å². The molecule has 0 heterocycles.